The Morgan fingerprint density at radius 2 is 1.81 bits per heavy atom. The zero-order chi connectivity index (χ0) is 19.0. The summed E-state index contributed by atoms with van der Waals surface area (Å²) in [4.78, 5) is 14.8. The Morgan fingerprint density at radius 3 is 2.37 bits per heavy atom. The molecule has 27 heavy (non-hydrogen) atoms. The van der Waals surface area contributed by atoms with Crippen LogP contribution in [-0.4, -0.2) is 29.8 Å². The van der Waals surface area contributed by atoms with E-state index < -0.39 is 0 Å². The zero-order valence-electron chi connectivity index (χ0n) is 17.2. The van der Waals surface area contributed by atoms with Crippen LogP contribution in [-0.2, 0) is 0 Å². The van der Waals surface area contributed by atoms with Crippen molar-refractivity contribution in [3.63, 3.8) is 0 Å². The average Bonchev–Trinajstić information content (AvgIpc) is 2.58. The minimum Gasteiger partial charge on any atom is -0.382 e. The molecule has 1 saturated heterocycles. The van der Waals surface area contributed by atoms with Crippen LogP contribution in [0.4, 0.5) is 5.69 Å². The first-order valence-corrected chi connectivity index (χ1v) is 10.9. The van der Waals surface area contributed by atoms with Crippen LogP contribution in [0.15, 0.2) is 29.5 Å². The van der Waals surface area contributed by atoms with Crippen molar-refractivity contribution < 1.29 is 4.79 Å². The van der Waals surface area contributed by atoms with Gasteiger partial charge in [0.15, 0.2) is 5.78 Å². The van der Waals surface area contributed by atoms with E-state index in [9.17, 15) is 4.79 Å². The van der Waals surface area contributed by atoms with E-state index in [1.54, 1.807) is 12.5 Å². The van der Waals surface area contributed by atoms with Crippen LogP contribution in [0.5, 0.6) is 0 Å². The van der Waals surface area contributed by atoms with Gasteiger partial charge in [-0.05, 0) is 88.3 Å². The number of rotatable bonds is 5. The molecule has 1 heterocycles. The van der Waals surface area contributed by atoms with E-state index in [2.05, 4.69) is 42.3 Å². The molecule has 1 aliphatic heterocycles. The van der Waals surface area contributed by atoms with Crippen molar-refractivity contribution in [2.45, 2.75) is 77.7 Å². The normalized spacial score (nSPS) is 25.6. The summed E-state index contributed by atoms with van der Waals surface area (Å²) in [5, 5.41) is 3.71. The van der Waals surface area contributed by atoms with Gasteiger partial charge in [0.2, 0.25) is 0 Å². The van der Waals surface area contributed by atoms with E-state index in [0.29, 0.717) is 12.0 Å². The third-order valence-electron chi connectivity index (χ3n) is 7.06. The molecule has 0 aromatic heterocycles. The molecule has 0 amide bonds. The Balaban J connectivity index is 1.38. The molecule has 0 radical (unpaired) electrons. The van der Waals surface area contributed by atoms with E-state index in [1.807, 2.05) is 0 Å². The number of carbonyl (C=O) groups excluding carboxylic acids is 1. The Kier molecular flexibility index (Phi) is 5.29. The van der Waals surface area contributed by atoms with Crippen molar-refractivity contribution in [3.05, 3.63) is 40.6 Å². The predicted molar refractivity (Wildman–Crippen MR) is 112 cm³/mol. The summed E-state index contributed by atoms with van der Waals surface area (Å²) in [5.74, 6) is 1.58. The summed E-state index contributed by atoms with van der Waals surface area (Å²) in [6.45, 7) is 8.60. The number of allylic oxidation sites excluding steroid dienone is 2. The van der Waals surface area contributed by atoms with Crippen molar-refractivity contribution in [3.8, 4) is 0 Å². The maximum Gasteiger partial charge on any atom is 0.160 e. The summed E-state index contributed by atoms with van der Waals surface area (Å²) >= 11 is 0. The van der Waals surface area contributed by atoms with Crippen molar-refractivity contribution in [2.24, 2.45) is 5.92 Å². The fourth-order valence-corrected chi connectivity index (χ4v) is 5.00. The van der Waals surface area contributed by atoms with Gasteiger partial charge in [-0.3, -0.25) is 4.79 Å². The smallest absolute Gasteiger partial charge is 0.160 e. The Hall–Kier alpha value is -1.77. The second kappa shape index (κ2) is 7.69. The molecule has 0 atom stereocenters. The quantitative estimate of drug-likeness (QED) is 0.675. The average molecular weight is 367 g/mol. The van der Waals surface area contributed by atoms with Crippen LogP contribution in [0.1, 0.15) is 87.6 Å². The van der Waals surface area contributed by atoms with E-state index in [4.69, 9.17) is 0 Å². The number of nitrogens with one attached hydrogen (secondary N) is 1. The molecule has 1 N–H and O–H groups in total. The highest BCUT2D eigenvalue weighted by Gasteiger charge is 2.29. The monoisotopic (exact) mass is 366 g/mol. The number of piperidine rings is 1. The third-order valence-corrected chi connectivity index (χ3v) is 7.06. The molecular weight excluding hydrogens is 332 g/mol. The maximum absolute atomic E-state index is 12.2. The highest BCUT2D eigenvalue weighted by molar-refractivity contribution is 5.96. The molecule has 3 aliphatic rings. The maximum atomic E-state index is 12.2. The van der Waals surface area contributed by atoms with Gasteiger partial charge in [0.05, 0.1) is 0 Å². The van der Waals surface area contributed by atoms with Gasteiger partial charge < -0.3 is 10.2 Å². The lowest BCUT2D eigenvalue weighted by Gasteiger charge is -2.37. The summed E-state index contributed by atoms with van der Waals surface area (Å²) in [7, 11) is 0. The number of likely N-dealkylation sites (tertiary alicyclic amines) is 1. The van der Waals surface area contributed by atoms with Gasteiger partial charge in [-0.2, -0.15) is 0 Å². The van der Waals surface area contributed by atoms with Gasteiger partial charge in [0.1, 0.15) is 0 Å². The molecule has 0 bridgehead atoms. The highest BCUT2D eigenvalue weighted by Crippen LogP contribution is 2.43. The largest absolute Gasteiger partial charge is 0.382 e. The van der Waals surface area contributed by atoms with Crippen molar-refractivity contribution in [1.82, 2.24) is 4.90 Å². The number of Topliss-reactive ketones (excluding diaryl/α,β-unsaturated/α-hetero) is 1. The first-order chi connectivity index (χ1) is 13.0. The molecule has 4 rings (SSSR count). The van der Waals surface area contributed by atoms with Gasteiger partial charge in [-0.15, -0.1) is 0 Å². The molecule has 3 nitrogen and oxygen atoms in total. The Labute approximate surface area is 164 Å². The zero-order valence-corrected chi connectivity index (χ0v) is 17.2. The lowest BCUT2D eigenvalue weighted by atomic mass is 9.71. The minimum absolute atomic E-state index is 0.200. The first-order valence-electron chi connectivity index (χ1n) is 10.9. The number of benzene rings is 1. The molecule has 2 saturated carbocycles. The molecule has 3 fully saturated rings. The lowest BCUT2D eigenvalue weighted by Crippen LogP contribution is -2.38. The number of carbonyl (C=O) groups is 1. The summed E-state index contributed by atoms with van der Waals surface area (Å²) < 4.78 is 0. The molecular formula is C24H34N2O. The standard InChI is InChI=1S/C24H34N2O/c1-16-13-20(14-16)23-8-7-22(15-24(23)18(3)27)25-21-9-11-26(12-10-21)17(2)19-5-4-6-19/h7-8,15-16,20-21,25H,4-6,9-14H2,1-3H3. The fourth-order valence-electron chi connectivity index (χ4n) is 5.00. The SMILES string of the molecule is CC(=O)c1cc(NC2CCN(C(C)=C3CCC3)CC2)ccc1C1CC(C)C1. The molecule has 1 aromatic rings. The predicted octanol–water partition coefficient (Wildman–Crippen LogP) is 5.74. The van der Waals surface area contributed by atoms with E-state index in [0.717, 1.165) is 30.3 Å². The molecule has 146 valence electrons. The van der Waals surface area contributed by atoms with Crippen molar-refractivity contribution in [1.29, 1.82) is 0 Å². The van der Waals surface area contributed by atoms with Gasteiger partial charge in [-0.1, -0.05) is 18.6 Å². The van der Waals surface area contributed by atoms with Gasteiger partial charge >= 0.3 is 0 Å². The van der Waals surface area contributed by atoms with Crippen LogP contribution in [0, 0.1) is 5.92 Å². The van der Waals surface area contributed by atoms with Gasteiger partial charge in [0.25, 0.3) is 0 Å². The molecule has 1 aromatic carbocycles. The number of hydrogen-bond donors (Lipinski definition) is 1. The Bertz CT molecular complexity index is 731. The minimum atomic E-state index is 0.200. The number of anilines is 1. The summed E-state index contributed by atoms with van der Waals surface area (Å²) in [5.41, 5.74) is 6.53. The van der Waals surface area contributed by atoms with Crippen LogP contribution >= 0.6 is 0 Å². The number of ketones is 1. The lowest BCUT2D eigenvalue weighted by molar-refractivity contribution is 0.101. The van der Waals surface area contributed by atoms with Gasteiger partial charge in [-0.25, -0.2) is 0 Å². The van der Waals surface area contributed by atoms with Crippen LogP contribution in [0.3, 0.4) is 0 Å². The van der Waals surface area contributed by atoms with Gasteiger partial charge in [0, 0.05) is 36.1 Å². The van der Waals surface area contributed by atoms with Crippen LogP contribution < -0.4 is 5.32 Å². The summed E-state index contributed by atoms with van der Waals surface area (Å²) in [6.07, 6.45) is 8.78. The number of nitrogens with zero attached hydrogens (tertiary/aromatic N) is 1. The molecule has 0 spiro atoms. The van der Waals surface area contributed by atoms with Crippen LogP contribution in [0.25, 0.3) is 0 Å². The highest BCUT2D eigenvalue weighted by atomic mass is 16.1. The third kappa shape index (κ3) is 3.93. The summed E-state index contributed by atoms with van der Waals surface area (Å²) in [6, 6.07) is 7.01. The van der Waals surface area contributed by atoms with E-state index in [1.165, 1.54) is 56.2 Å². The molecule has 3 heteroatoms. The Morgan fingerprint density at radius 1 is 1.11 bits per heavy atom. The fraction of sp³-hybridized carbons (Fsp3) is 0.625. The second-order valence-electron chi connectivity index (χ2n) is 9.08. The first kappa shape index (κ1) is 18.6. The number of hydrogen-bond acceptors (Lipinski definition) is 3. The molecule has 2 aliphatic carbocycles. The topological polar surface area (TPSA) is 32.3 Å². The van der Waals surface area contributed by atoms with Crippen LogP contribution in [0.2, 0.25) is 0 Å². The van der Waals surface area contributed by atoms with E-state index >= 15 is 0 Å². The second-order valence-corrected chi connectivity index (χ2v) is 9.08. The van der Waals surface area contributed by atoms with Crippen molar-refractivity contribution in [2.75, 3.05) is 18.4 Å². The van der Waals surface area contributed by atoms with Crippen molar-refractivity contribution >= 4 is 11.5 Å². The molecule has 0 unspecified atom stereocenters. The van der Waals surface area contributed by atoms with E-state index in [-0.39, 0.29) is 5.78 Å².